The predicted octanol–water partition coefficient (Wildman–Crippen LogP) is 4.25. The third-order valence-corrected chi connectivity index (χ3v) is 6.73. The standard InChI is InChI=1S/C22H22N8S/c1-13-27-19-7-16(4-5-20(19)31-13)28-21-8-18(14-3-2-6-23-9-14)29-22-17(12-26-30(21)22)15-10-24-25-11-15/h4-5,7-8,10-12,14,23,28H,2-3,6,9H2,1H3,(H,24,25). The van der Waals surface area contributed by atoms with Crippen LogP contribution in [0, 0.1) is 6.92 Å². The number of hydrogen-bond acceptors (Lipinski definition) is 7. The van der Waals surface area contributed by atoms with Crippen LogP contribution in [0.1, 0.15) is 29.5 Å². The average Bonchev–Trinajstić information content (AvgIpc) is 3.52. The first-order chi connectivity index (χ1) is 15.2. The number of piperidine rings is 1. The van der Waals surface area contributed by atoms with Crippen LogP contribution >= 0.6 is 11.3 Å². The van der Waals surface area contributed by atoms with E-state index in [1.54, 1.807) is 17.5 Å². The maximum atomic E-state index is 5.04. The molecular formula is C22H22N8S. The molecule has 5 aromatic rings. The molecule has 0 spiro atoms. The maximum absolute atomic E-state index is 5.04. The van der Waals surface area contributed by atoms with Crippen molar-refractivity contribution in [3.8, 4) is 11.1 Å². The lowest BCUT2D eigenvalue weighted by Crippen LogP contribution is -2.29. The summed E-state index contributed by atoms with van der Waals surface area (Å²) in [5.41, 5.74) is 5.85. The SMILES string of the molecule is Cc1nc2cc(Nc3cc(C4CCCNC4)nc4c(-c5cn[nH]c5)cnn34)ccc2s1. The molecule has 1 aromatic carbocycles. The minimum Gasteiger partial charge on any atom is -0.340 e. The Bertz CT molecular complexity index is 1360. The van der Waals surface area contributed by atoms with Crippen molar-refractivity contribution in [2.24, 2.45) is 0 Å². The molecule has 5 heterocycles. The molecule has 8 nitrogen and oxygen atoms in total. The Morgan fingerprint density at radius 3 is 3.00 bits per heavy atom. The van der Waals surface area contributed by atoms with Gasteiger partial charge in [-0.2, -0.15) is 14.7 Å². The number of nitrogens with zero attached hydrogens (tertiary/aromatic N) is 5. The second kappa shape index (κ2) is 7.44. The summed E-state index contributed by atoms with van der Waals surface area (Å²) in [6, 6.07) is 8.43. The number of fused-ring (bicyclic) bond motifs is 2. The third kappa shape index (κ3) is 3.35. The van der Waals surface area contributed by atoms with E-state index in [4.69, 9.17) is 4.98 Å². The van der Waals surface area contributed by atoms with Crippen LogP contribution in [0.4, 0.5) is 11.5 Å². The van der Waals surface area contributed by atoms with Crippen molar-refractivity contribution in [3.05, 3.63) is 53.6 Å². The molecule has 6 rings (SSSR count). The van der Waals surface area contributed by atoms with Gasteiger partial charge >= 0.3 is 0 Å². The summed E-state index contributed by atoms with van der Waals surface area (Å²) in [6.07, 6.45) is 7.83. The van der Waals surface area contributed by atoms with Gasteiger partial charge in [-0.05, 0) is 44.5 Å². The van der Waals surface area contributed by atoms with Gasteiger partial charge in [-0.25, -0.2) is 9.97 Å². The zero-order valence-corrected chi connectivity index (χ0v) is 17.9. The highest BCUT2D eigenvalue weighted by atomic mass is 32.1. The first kappa shape index (κ1) is 18.5. The lowest BCUT2D eigenvalue weighted by Gasteiger charge is -2.23. The van der Waals surface area contributed by atoms with E-state index >= 15 is 0 Å². The van der Waals surface area contributed by atoms with E-state index in [0.717, 1.165) is 70.4 Å². The Balaban J connectivity index is 1.47. The molecule has 0 saturated carbocycles. The first-order valence-electron chi connectivity index (χ1n) is 10.5. The smallest absolute Gasteiger partial charge is 0.165 e. The Kier molecular flexibility index (Phi) is 4.43. The minimum absolute atomic E-state index is 0.384. The molecule has 1 aliphatic rings. The molecule has 1 fully saturated rings. The van der Waals surface area contributed by atoms with E-state index in [1.165, 1.54) is 4.70 Å². The number of hydrogen-bond donors (Lipinski definition) is 3. The fourth-order valence-electron chi connectivity index (χ4n) is 4.25. The van der Waals surface area contributed by atoms with Crippen molar-refractivity contribution < 1.29 is 0 Å². The van der Waals surface area contributed by atoms with Gasteiger partial charge in [-0.1, -0.05) is 0 Å². The number of rotatable bonds is 4. The van der Waals surface area contributed by atoms with Gasteiger partial charge in [-0.15, -0.1) is 11.3 Å². The number of H-pyrrole nitrogens is 1. The molecule has 0 radical (unpaired) electrons. The lowest BCUT2D eigenvalue weighted by atomic mass is 9.96. The van der Waals surface area contributed by atoms with Crippen LogP contribution in [-0.2, 0) is 0 Å². The molecule has 0 aliphatic carbocycles. The number of aromatic amines is 1. The first-order valence-corrected chi connectivity index (χ1v) is 11.3. The summed E-state index contributed by atoms with van der Waals surface area (Å²) < 4.78 is 3.07. The van der Waals surface area contributed by atoms with E-state index in [-0.39, 0.29) is 0 Å². The van der Waals surface area contributed by atoms with Crippen LogP contribution in [-0.4, -0.2) is 42.9 Å². The second-order valence-electron chi connectivity index (χ2n) is 7.93. The number of nitrogens with one attached hydrogen (secondary N) is 3. The fraction of sp³-hybridized carbons (Fsp3) is 0.273. The fourth-order valence-corrected chi connectivity index (χ4v) is 5.06. The number of benzene rings is 1. The van der Waals surface area contributed by atoms with E-state index in [2.05, 4.69) is 55.2 Å². The zero-order valence-electron chi connectivity index (χ0n) is 17.1. The quantitative estimate of drug-likeness (QED) is 0.395. The van der Waals surface area contributed by atoms with Gasteiger partial charge in [0.05, 0.1) is 33.3 Å². The molecule has 31 heavy (non-hydrogen) atoms. The summed E-state index contributed by atoms with van der Waals surface area (Å²) in [5, 5.41) is 19.8. The molecule has 1 unspecified atom stereocenters. The van der Waals surface area contributed by atoms with Crippen molar-refractivity contribution in [1.82, 2.24) is 35.1 Å². The molecule has 1 atom stereocenters. The van der Waals surface area contributed by atoms with Crippen molar-refractivity contribution in [2.45, 2.75) is 25.7 Å². The Morgan fingerprint density at radius 1 is 1.19 bits per heavy atom. The predicted molar refractivity (Wildman–Crippen MR) is 123 cm³/mol. The highest BCUT2D eigenvalue weighted by Crippen LogP contribution is 2.31. The summed E-state index contributed by atoms with van der Waals surface area (Å²) in [5.74, 6) is 1.28. The van der Waals surface area contributed by atoms with E-state index in [0.29, 0.717) is 5.92 Å². The number of aryl methyl sites for hydroxylation is 1. The van der Waals surface area contributed by atoms with Crippen LogP contribution in [0.15, 0.2) is 42.9 Å². The Hall–Kier alpha value is -3.30. The van der Waals surface area contributed by atoms with Crippen molar-refractivity contribution in [3.63, 3.8) is 0 Å². The summed E-state index contributed by atoms with van der Waals surface area (Å²) in [4.78, 5) is 9.67. The van der Waals surface area contributed by atoms with Crippen LogP contribution < -0.4 is 10.6 Å². The van der Waals surface area contributed by atoms with Crippen LogP contribution in [0.5, 0.6) is 0 Å². The van der Waals surface area contributed by atoms with Crippen molar-refractivity contribution >= 4 is 38.7 Å². The van der Waals surface area contributed by atoms with Gasteiger partial charge in [0.25, 0.3) is 0 Å². The molecule has 9 heteroatoms. The molecule has 3 N–H and O–H groups in total. The molecule has 156 valence electrons. The van der Waals surface area contributed by atoms with Gasteiger partial charge < -0.3 is 10.6 Å². The van der Waals surface area contributed by atoms with Gasteiger partial charge in [0.1, 0.15) is 5.82 Å². The average molecular weight is 431 g/mol. The van der Waals surface area contributed by atoms with Crippen molar-refractivity contribution in [2.75, 3.05) is 18.4 Å². The summed E-state index contributed by atoms with van der Waals surface area (Å²) in [6.45, 7) is 4.06. The number of thiazole rings is 1. The summed E-state index contributed by atoms with van der Waals surface area (Å²) >= 11 is 1.71. The normalized spacial score (nSPS) is 16.9. The Labute approximate surface area is 182 Å². The van der Waals surface area contributed by atoms with Gasteiger partial charge in [0.15, 0.2) is 5.65 Å². The zero-order chi connectivity index (χ0) is 20.8. The summed E-state index contributed by atoms with van der Waals surface area (Å²) in [7, 11) is 0. The molecule has 1 aliphatic heterocycles. The molecular weight excluding hydrogens is 408 g/mol. The van der Waals surface area contributed by atoms with E-state index in [1.807, 2.05) is 23.8 Å². The molecule has 0 amide bonds. The molecule has 1 saturated heterocycles. The monoisotopic (exact) mass is 430 g/mol. The van der Waals surface area contributed by atoms with Crippen LogP contribution in [0.25, 0.3) is 27.0 Å². The van der Waals surface area contributed by atoms with E-state index < -0.39 is 0 Å². The van der Waals surface area contributed by atoms with Crippen LogP contribution in [0.3, 0.4) is 0 Å². The lowest BCUT2D eigenvalue weighted by molar-refractivity contribution is 0.455. The molecule has 4 aromatic heterocycles. The van der Waals surface area contributed by atoms with E-state index in [9.17, 15) is 0 Å². The largest absolute Gasteiger partial charge is 0.340 e. The van der Waals surface area contributed by atoms with Gasteiger partial charge in [-0.3, -0.25) is 5.10 Å². The highest BCUT2D eigenvalue weighted by Gasteiger charge is 2.21. The molecule has 0 bridgehead atoms. The Morgan fingerprint density at radius 2 is 2.16 bits per heavy atom. The topological polar surface area (TPSA) is 95.8 Å². The third-order valence-electron chi connectivity index (χ3n) is 5.78. The van der Waals surface area contributed by atoms with Crippen molar-refractivity contribution in [1.29, 1.82) is 0 Å². The highest BCUT2D eigenvalue weighted by molar-refractivity contribution is 7.18. The maximum Gasteiger partial charge on any atom is 0.165 e. The van der Waals surface area contributed by atoms with Gasteiger partial charge in [0.2, 0.25) is 0 Å². The van der Waals surface area contributed by atoms with Gasteiger partial charge in [0, 0.05) is 41.5 Å². The second-order valence-corrected chi connectivity index (χ2v) is 9.17. The number of anilines is 2. The number of aromatic nitrogens is 6. The van der Waals surface area contributed by atoms with Crippen LogP contribution in [0.2, 0.25) is 0 Å². The minimum atomic E-state index is 0.384.